The molecule has 2 heterocycles. The lowest BCUT2D eigenvalue weighted by Gasteiger charge is -2.03. The lowest BCUT2D eigenvalue weighted by molar-refractivity contribution is 0.0690. The van der Waals surface area contributed by atoms with Gasteiger partial charge in [0.25, 0.3) is 0 Å². The quantitative estimate of drug-likeness (QED) is 0.922. The molecule has 0 bridgehead atoms. The molecule has 0 spiro atoms. The van der Waals surface area contributed by atoms with Crippen LogP contribution in [-0.2, 0) is 0 Å². The summed E-state index contributed by atoms with van der Waals surface area (Å²) in [4.78, 5) is 22.8. The van der Waals surface area contributed by atoms with E-state index < -0.39 is 5.97 Å². The highest BCUT2D eigenvalue weighted by Gasteiger charge is 2.15. The second-order valence-electron chi connectivity index (χ2n) is 3.03. The first-order chi connectivity index (χ1) is 8.09. The minimum Gasteiger partial charge on any atom is -0.476 e. The number of rotatable bonds is 2. The van der Waals surface area contributed by atoms with Crippen molar-refractivity contribution in [1.82, 2.24) is 15.0 Å². The molecule has 0 aromatic carbocycles. The van der Waals surface area contributed by atoms with Crippen LogP contribution in [0.25, 0.3) is 11.5 Å². The molecule has 17 heavy (non-hydrogen) atoms. The first-order valence-corrected chi connectivity index (χ1v) is 5.63. The van der Waals surface area contributed by atoms with Gasteiger partial charge in [0.05, 0.1) is 11.2 Å². The van der Waals surface area contributed by atoms with Crippen LogP contribution in [0.1, 0.15) is 10.5 Å². The Balaban J connectivity index is 2.58. The third-order valence-electron chi connectivity index (χ3n) is 1.92. The second kappa shape index (κ2) is 4.77. The van der Waals surface area contributed by atoms with E-state index in [1.807, 2.05) is 0 Å². The Morgan fingerprint density at radius 2 is 2.18 bits per heavy atom. The highest BCUT2D eigenvalue weighted by atomic mass is 79.9. The van der Waals surface area contributed by atoms with Crippen molar-refractivity contribution in [3.8, 4) is 11.5 Å². The zero-order valence-corrected chi connectivity index (χ0v) is 10.6. The number of hydrogen-bond donors (Lipinski definition) is 1. The molecule has 0 unspecified atom stereocenters. The molecule has 0 radical (unpaired) electrons. The standard InChI is InChI=1S/C10H5BrClN3O2/c11-5-2-1-3-13-7(5)9-14-4-6(12)8(15-9)10(16)17/h1-4H,(H,16,17). The number of aromatic nitrogens is 3. The average molecular weight is 315 g/mol. The summed E-state index contributed by atoms with van der Waals surface area (Å²) in [6, 6.07) is 3.50. The molecule has 1 N–H and O–H groups in total. The van der Waals surface area contributed by atoms with Crippen LogP contribution < -0.4 is 0 Å². The van der Waals surface area contributed by atoms with Gasteiger partial charge in [0, 0.05) is 10.7 Å². The Labute approximate surface area is 110 Å². The third kappa shape index (κ3) is 2.42. The monoisotopic (exact) mass is 313 g/mol. The second-order valence-corrected chi connectivity index (χ2v) is 4.29. The topological polar surface area (TPSA) is 76.0 Å². The minimum atomic E-state index is -1.20. The van der Waals surface area contributed by atoms with E-state index in [1.54, 1.807) is 18.3 Å². The number of pyridine rings is 1. The summed E-state index contributed by atoms with van der Waals surface area (Å²) in [5.41, 5.74) is 0.223. The summed E-state index contributed by atoms with van der Waals surface area (Å²) in [7, 11) is 0. The van der Waals surface area contributed by atoms with Crippen LogP contribution in [0.15, 0.2) is 29.0 Å². The number of hydrogen-bond acceptors (Lipinski definition) is 4. The number of halogens is 2. The first kappa shape index (κ1) is 11.9. The van der Waals surface area contributed by atoms with Crippen LogP contribution in [0, 0.1) is 0 Å². The van der Waals surface area contributed by atoms with E-state index in [0.29, 0.717) is 10.2 Å². The van der Waals surface area contributed by atoms with Crippen molar-refractivity contribution in [2.45, 2.75) is 0 Å². The van der Waals surface area contributed by atoms with Crippen LogP contribution >= 0.6 is 27.5 Å². The van der Waals surface area contributed by atoms with Gasteiger partial charge in [0.15, 0.2) is 11.5 Å². The van der Waals surface area contributed by atoms with E-state index >= 15 is 0 Å². The summed E-state index contributed by atoms with van der Waals surface area (Å²) in [5, 5.41) is 8.89. The molecule has 2 aromatic rings. The summed E-state index contributed by atoms with van der Waals surface area (Å²) < 4.78 is 0.679. The molecule has 0 atom stereocenters. The van der Waals surface area contributed by atoms with Gasteiger partial charge in [-0.1, -0.05) is 11.6 Å². The molecule has 86 valence electrons. The van der Waals surface area contributed by atoms with Gasteiger partial charge in [-0.3, -0.25) is 4.98 Å². The van der Waals surface area contributed by atoms with E-state index in [2.05, 4.69) is 30.9 Å². The predicted octanol–water partition coefficient (Wildman–Crippen LogP) is 2.65. The van der Waals surface area contributed by atoms with Gasteiger partial charge in [-0.15, -0.1) is 0 Å². The summed E-state index contributed by atoms with van der Waals surface area (Å²) >= 11 is 8.97. The number of nitrogens with zero attached hydrogens (tertiary/aromatic N) is 3. The van der Waals surface area contributed by atoms with Gasteiger partial charge in [0.1, 0.15) is 5.69 Å². The van der Waals surface area contributed by atoms with Crippen LogP contribution in [0.4, 0.5) is 0 Å². The highest BCUT2D eigenvalue weighted by Crippen LogP contribution is 2.24. The fourth-order valence-electron chi connectivity index (χ4n) is 1.18. The van der Waals surface area contributed by atoms with Crippen molar-refractivity contribution in [3.05, 3.63) is 39.7 Å². The molecular weight excluding hydrogens is 309 g/mol. The van der Waals surface area contributed by atoms with Crippen LogP contribution in [-0.4, -0.2) is 26.0 Å². The number of aromatic carboxylic acids is 1. The fraction of sp³-hybridized carbons (Fsp3) is 0. The fourth-order valence-corrected chi connectivity index (χ4v) is 1.79. The van der Waals surface area contributed by atoms with Gasteiger partial charge in [-0.2, -0.15) is 0 Å². The maximum absolute atomic E-state index is 10.9. The molecule has 0 fully saturated rings. The van der Waals surface area contributed by atoms with Gasteiger partial charge < -0.3 is 5.11 Å². The van der Waals surface area contributed by atoms with Crippen LogP contribution in [0.3, 0.4) is 0 Å². The van der Waals surface area contributed by atoms with Crippen molar-refractivity contribution in [1.29, 1.82) is 0 Å². The van der Waals surface area contributed by atoms with Crippen molar-refractivity contribution < 1.29 is 9.90 Å². The number of carboxylic acids is 1. The van der Waals surface area contributed by atoms with E-state index in [0.717, 1.165) is 0 Å². The normalized spacial score (nSPS) is 10.2. The molecule has 7 heteroatoms. The SMILES string of the molecule is O=C(O)c1nc(-c2ncccc2Br)ncc1Cl. The molecular formula is C10H5BrClN3O2. The molecule has 2 rings (SSSR count). The molecule has 5 nitrogen and oxygen atoms in total. The zero-order valence-electron chi connectivity index (χ0n) is 8.26. The largest absolute Gasteiger partial charge is 0.476 e. The van der Waals surface area contributed by atoms with Gasteiger partial charge in [0.2, 0.25) is 0 Å². The Kier molecular flexibility index (Phi) is 3.35. The molecule has 2 aromatic heterocycles. The number of carbonyl (C=O) groups is 1. The minimum absolute atomic E-state index is 0.00620. The maximum Gasteiger partial charge on any atom is 0.356 e. The van der Waals surface area contributed by atoms with Crippen LogP contribution in [0.5, 0.6) is 0 Å². The van der Waals surface area contributed by atoms with Crippen molar-refractivity contribution in [3.63, 3.8) is 0 Å². The van der Waals surface area contributed by atoms with Crippen molar-refractivity contribution in [2.75, 3.05) is 0 Å². The van der Waals surface area contributed by atoms with E-state index in [4.69, 9.17) is 16.7 Å². The smallest absolute Gasteiger partial charge is 0.356 e. The lowest BCUT2D eigenvalue weighted by atomic mass is 10.3. The van der Waals surface area contributed by atoms with E-state index in [-0.39, 0.29) is 16.5 Å². The van der Waals surface area contributed by atoms with Gasteiger partial charge in [-0.25, -0.2) is 14.8 Å². The van der Waals surface area contributed by atoms with Crippen LogP contribution in [0.2, 0.25) is 5.02 Å². The maximum atomic E-state index is 10.9. The molecule has 0 saturated carbocycles. The summed E-state index contributed by atoms with van der Waals surface area (Å²) in [5.74, 6) is -0.995. The average Bonchev–Trinajstić information content (AvgIpc) is 2.30. The van der Waals surface area contributed by atoms with Crippen molar-refractivity contribution >= 4 is 33.5 Å². The molecule has 0 amide bonds. The highest BCUT2D eigenvalue weighted by molar-refractivity contribution is 9.10. The van der Waals surface area contributed by atoms with E-state index in [9.17, 15) is 4.79 Å². The van der Waals surface area contributed by atoms with Gasteiger partial charge in [-0.05, 0) is 28.1 Å². The number of carboxylic acid groups (broad SMARTS) is 1. The zero-order chi connectivity index (χ0) is 12.4. The predicted molar refractivity (Wildman–Crippen MR) is 64.9 cm³/mol. The molecule has 0 saturated heterocycles. The van der Waals surface area contributed by atoms with E-state index in [1.165, 1.54) is 6.20 Å². The molecule has 0 aliphatic carbocycles. The lowest BCUT2D eigenvalue weighted by Crippen LogP contribution is -2.04. The Bertz CT molecular complexity index is 592. The molecule has 0 aliphatic heterocycles. The Morgan fingerprint density at radius 3 is 2.82 bits per heavy atom. The Morgan fingerprint density at radius 1 is 1.41 bits per heavy atom. The third-order valence-corrected chi connectivity index (χ3v) is 2.83. The first-order valence-electron chi connectivity index (χ1n) is 4.46. The van der Waals surface area contributed by atoms with Crippen molar-refractivity contribution in [2.24, 2.45) is 0 Å². The summed E-state index contributed by atoms with van der Waals surface area (Å²) in [6.45, 7) is 0. The Hall–Kier alpha value is -1.53. The van der Waals surface area contributed by atoms with Gasteiger partial charge >= 0.3 is 5.97 Å². The summed E-state index contributed by atoms with van der Waals surface area (Å²) in [6.07, 6.45) is 2.81. The molecule has 0 aliphatic rings.